The van der Waals surface area contributed by atoms with Gasteiger partial charge in [-0.25, -0.2) is 4.99 Å². The maximum absolute atomic E-state index is 12.0. The lowest BCUT2D eigenvalue weighted by Crippen LogP contribution is -2.33. The minimum Gasteiger partial charge on any atom is -0.486 e. The number of amides is 1. The second kappa shape index (κ2) is 4.91. The van der Waals surface area contributed by atoms with E-state index < -0.39 is 0 Å². The van der Waals surface area contributed by atoms with E-state index in [0.717, 1.165) is 35.7 Å². The molecule has 3 aliphatic rings. The van der Waals surface area contributed by atoms with Gasteiger partial charge in [0.15, 0.2) is 11.5 Å². The summed E-state index contributed by atoms with van der Waals surface area (Å²) < 4.78 is 11.0. The molecule has 1 N–H and O–H groups in total. The summed E-state index contributed by atoms with van der Waals surface area (Å²) in [6, 6.07) is 5.65. The molecular formula is C16H16N2O3. The molecule has 5 nitrogen and oxygen atoms in total. The molecule has 2 heterocycles. The first-order valence-electron chi connectivity index (χ1n) is 7.31. The largest absolute Gasteiger partial charge is 0.486 e. The number of fused-ring (bicyclic) bond motifs is 1. The summed E-state index contributed by atoms with van der Waals surface area (Å²) in [5.74, 6) is 2.61. The molecule has 0 spiro atoms. The number of carbonyl (C=O) groups excluding carboxylic acids is 1. The molecule has 0 saturated heterocycles. The zero-order chi connectivity index (χ0) is 14.2. The summed E-state index contributed by atoms with van der Waals surface area (Å²) in [5, 5.41) is 2.88. The van der Waals surface area contributed by atoms with Gasteiger partial charge in [-0.1, -0.05) is 12.5 Å². The first-order chi connectivity index (χ1) is 10.3. The molecule has 2 aliphatic heterocycles. The van der Waals surface area contributed by atoms with E-state index in [2.05, 4.69) is 10.3 Å². The topological polar surface area (TPSA) is 59.9 Å². The molecule has 1 fully saturated rings. The van der Waals surface area contributed by atoms with Crippen LogP contribution in [0.25, 0.3) is 6.08 Å². The lowest BCUT2D eigenvalue weighted by molar-refractivity contribution is -0.115. The van der Waals surface area contributed by atoms with Gasteiger partial charge in [-0.05, 0) is 36.6 Å². The van der Waals surface area contributed by atoms with Crippen molar-refractivity contribution in [3.63, 3.8) is 0 Å². The van der Waals surface area contributed by atoms with E-state index in [1.54, 1.807) is 6.08 Å². The Bertz CT molecular complexity index is 659. The normalized spacial score (nSPS) is 22.8. The van der Waals surface area contributed by atoms with Crippen LogP contribution in [0.1, 0.15) is 24.8 Å². The molecule has 1 aliphatic carbocycles. The van der Waals surface area contributed by atoms with E-state index in [0.29, 0.717) is 24.8 Å². The highest BCUT2D eigenvalue weighted by Crippen LogP contribution is 2.32. The molecule has 108 valence electrons. The van der Waals surface area contributed by atoms with Crippen LogP contribution >= 0.6 is 0 Å². The van der Waals surface area contributed by atoms with E-state index in [9.17, 15) is 4.79 Å². The van der Waals surface area contributed by atoms with Crippen LogP contribution in [0.3, 0.4) is 0 Å². The average molecular weight is 284 g/mol. The fraction of sp³-hybridized carbons (Fsp3) is 0.375. The minimum absolute atomic E-state index is 0.119. The fourth-order valence-electron chi connectivity index (χ4n) is 2.67. The Hall–Kier alpha value is -2.30. The van der Waals surface area contributed by atoms with Crippen molar-refractivity contribution in [1.82, 2.24) is 5.32 Å². The van der Waals surface area contributed by atoms with Gasteiger partial charge in [0.05, 0.1) is 0 Å². The van der Waals surface area contributed by atoms with E-state index in [1.165, 1.54) is 6.42 Å². The second-order valence-corrected chi connectivity index (χ2v) is 5.51. The second-order valence-electron chi connectivity index (χ2n) is 5.51. The molecule has 0 radical (unpaired) electrons. The zero-order valence-corrected chi connectivity index (χ0v) is 11.6. The molecule has 21 heavy (non-hydrogen) atoms. The van der Waals surface area contributed by atoms with Crippen LogP contribution in [0.5, 0.6) is 11.5 Å². The van der Waals surface area contributed by atoms with Gasteiger partial charge in [0, 0.05) is 5.92 Å². The summed E-state index contributed by atoms with van der Waals surface area (Å²) in [4.78, 5) is 16.4. The summed E-state index contributed by atoms with van der Waals surface area (Å²) in [6.45, 7) is 1.13. The number of benzene rings is 1. The Morgan fingerprint density at radius 2 is 2.00 bits per heavy atom. The number of aliphatic imine (C=N–C) groups is 1. The molecule has 5 heteroatoms. The Morgan fingerprint density at radius 1 is 1.19 bits per heavy atom. The first-order valence-corrected chi connectivity index (χ1v) is 7.31. The van der Waals surface area contributed by atoms with Gasteiger partial charge in [0.25, 0.3) is 5.91 Å². The van der Waals surface area contributed by atoms with Crippen molar-refractivity contribution in [3.05, 3.63) is 29.5 Å². The Balaban J connectivity index is 1.61. The molecular weight excluding hydrogens is 268 g/mol. The maximum atomic E-state index is 12.0. The standard InChI is InChI=1S/C16H16N2O3/c19-16-12(17-15(18-16)11-2-1-3-11)8-10-4-5-13-14(9-10)21-7-6-20-13/h4-5,8-9,11H,1-3,6-7H2,(H,17,18,19)/b12-8+. The van der Waals surface area contributed by atoms with E-state index in [-0.39, 0.29) is 5.91 Å². The van der Waals surface area contributed by atoms with Gasteiger partial charge < -0.3 is 14.8 Å². The molecule has 0 aromatic heterocycles. The van der Waals surface area contributed by atoms with Crippen molar-refractivity contribution in [3.8, 4) is 11.5 Å². The van der Waals surface area contributed by atoms with Crippen LogP contribution in [0.4, 0.5) is 0 Å². The number of ether oxygens (including phenoxy) is 2. The first kappa shape index (κ1) is 12.4. The number of rotatable bonds is 2. The summed E-state index contributed by atoms with van der Waals surface area (Å²) in [6.07, 6.45) is 5.26. The summed E-state index contributed by atoms with van der Waals surface area (Å²) in [5.41, 5.74) is 1.36. The van der Waals surface area contributed by atoms with Gasteiger partial charge in [0.1, 0.15) is 24.7 Å². The van der Waals surface area contributed by atoms with Gasteiger partial charge in [-0.2, -0.15) is 0 Å². The van der Waals surface area contributed by atoms with Gasteiger partial charge >= 0.3 is 0 Å². The minimum atomic E-state index is -0.119. The maximum Gasteiger partial charge on any atom is 0.275 e. The highest BCUT2D eigenvalue weighted by atomic mass is 16.6. The SMILES string of the molecule is O=C1NC(C2CCC2)=N/C1=C/c1ccc2c(c1)OCCO2. The number of hydrogen-bond acceptors (Lipinski definition) is 4. The highest BCUT2D eigenvalue weighted by Gasteiger charge is 2.30. The van der Waals surface area contributed by atoms with Crippen LogP contribution in [0.15, 0.2) is 28.9 Å². The Kier molecular flexibility index (Phi) is 2.91. The molecule has 0 unspecified atom stereocenters. The van der Waals surface area contributed by atoms with Crippen molar-refractivity contribution in [2.75, 3.05) is 13.2 Å². The molecule has 1 aromatic rings. The van der Waals surface area contributed by atoms with Crippen molar-refractivity contribution in [2.24, 2.45) is 10.9 Å². The van der Waals surface area contributed by atoms with Crippen molar-refractivity contribution < 1.29 is 14.3 Å². The van der Waals surface area contributed by atoms with E-state index in [4.69, 9.17) is 9.47 Å². The van der Waals surface area contributed by atoms with Crippen molar-refractivity contribution >= 4 is 17.8 Å². The monoisotopic (exact) mass is 284 g/mol. The van der Waals surface area contributed by atoms with Crippen molar-refractivity contribution in [2.45, 2.75) is 19.3 Å². The smallest absolute Gasteiger partial charge is 0.275 e. The number of nitrogens with zero attached hydrogens (tertiary/aromatic N) is 1. The molecule has 1 aromatic carbocycles. The van der Waals surface area contributed by atoms with Gasteiger partial charge in [-0.3, -0.25) is 4.79 Å². The van der Waals surface area contributed by atoms with Crippen LogP contribution in [-0.2, 0) is 4.79 Å². The Morgan fingerprint density at radius 3 is 2.76 bits per heavy atom. The number of nitrogens with one attached hydrogen (secondary N) is 1. The number of amidine groups is 1. The predicted molar refractivity (Wildman–Crippen MR) is 78.3 cm³/mol. The summed E-state index contributed by atoms with van der Waals surface area (Å²) >= 11 is 0. The lowest BCUT2D eigenvalue weighted by Gasteiger charge is -2.24. The van der Waals surface area contributed by atoms with Gasteiger partial charge in [0.2, 0.25) is 0 Å². The molecule has 0 bridgehead atoms. The zero-order valence-electron chi connectivity index (χ0n) is 11.6. The van der Waals surface area contributed by atoms with Crippen LogP contribution in [0, 0.1) is 5.92 Å². The predicted octanol–water partition coefficient (Wildman–Crippen LogP) is 2.13. The molecule has 0 atom stereocenters. The fourth-order valence-corrected chi connectivity index (χ4v) is 2.67. The molecule has 4 rings (SSSR count). The Labute approximate surface area is 122 Å². The van der Waals surface area contributed by atoms with E-state index >= 15 is 0 Å². The third-order valence-corrected chi connectivity index (χ3v) is 4.08. The van der Waals surface area contributed by atoms with E-state index in [1.807, 2.05) is 18.2 Å². The van der Waals surface area contributed by atoms with Crippen LogP contribution in [-0.4, -0.2) is 25.0 Å². The highest BCUT2D eigenvalue weighted by molar-refractivity contribution is 6.15. The summed E-state index contributed by atoms with van der Waals surface area (Å²) in [7, 11) is 0. The van der Waals surface area contributed by atoms with Gasteiger partial charge in [-0.15, -0.1) is 0 Å². The third kappa shape index (κ3) is 2.28. The average Bonchev–Trinajstić information content (AvgIpc) is 2.77. The third-order valence-electron chi connectivity index (χ3n) is 4.08. The molecule has 1 saturated carbocycles. The number of hydrogen-bond donors (Lipinski definition) is 1. The number of carbonyl (C=O) groups is 1. The van der Waals surface area contributed by atoms with Crippen LogP contribution < -0.4 is 14.8 Å². The van der Waals surface area contributed by atoms with Crippen LogP contribution in [0.2, 0.25) is 0 Å². The quantitative estimate of drug-likeness (QED) is 0.846. The lowest BCUT2D eigenvalue weighted by atomic mass is 9.84. The molecule has 1 amide bonds. The van der Waals surface area contributed by atoms with Crippen molar-refractivity contribution in [1.29, 1.82) is 0 Å².